The molecule has 144 valence electrons. The molecule has 0 bridgehead atoms. The van der Waals surface area contributed by atoms with Crippen LogP contribution in [-0.4, -0.2) is 33.6 Å². The molecule has 0 saturated heterocycles. The maximum absolute atomic E-state index is 14.8. The molecule has 0 heterocycles. The SMILES string of the molecule is CSC(SC)(SC)C1CCC(=O)C1P(=O)(c1ccccc1)c1ccccc1. The molecule has 0 radical (unpaired) electrons. The van der Waals surface area contributed by atoms with Gasteiger partial charge in [0.15, 0.2) is 7.14 Å². The molecule has 1 saturated carbocycles. The van der Waals surface area contributed by atoms with Crippen LogP contribution < -0.4 is 10.6 Å². The Morgan fingerprint density at radius 1 is 0.852 bits per heavy atom. The highest BCUT2D eigenvalue weighted by atomic mass is 32.3. The number of carbonyl (C=O) groups is 1. The number of rotatable bonds is 7. The van der Waals surface area contributed by atoms with E-state index in [2.05, 4.69) is 18.8 Å². The molecule has 3 rings (SSSR count). The van der Waals surface area contributed by atoms with E-state index in [-0.39, 0.29) is 15.1 Å². The van der Waals surface area contributed by atoms with Gasteiger partial charge in [0, 0.05) is 22.9 Å². The Kier molecular flexibility index (Phi) is 6.89. The van der Waals surface area contributed by atoms with E-state index in [1.165, 1.54) is 0 Å². The van der Waals surface area contributed by atoms with Crippen LogP contribution >= 0.6 is 42.4 Å². The third-order valence-electron chi connectivity index (χ3n) is 5.39. The summed E-state index contributed by atoms with van der Waals surface area (Å²) in [6.07, 6.45) is 7.62. The van der Waals surface area contributed by atoms with Crippen molar-refractivity contribution in [3.05, 3.63) is 60.7 Å². The highest BCUT2D eigenvalue weighted by Gasteiger charge is 2.55. The van der Waals surface area contributed by atoms with E-state index in [1.54, 1.807) is 35.3 Å². The van der Waals surface area contributed by atoms with E-state index in [0.717, 1.165) is 17.0 Å². The molecule has 1 aliphatic carbocycles. The summed E-state index contributed by atoms with van der Waals surface area (Å²) in [7, 11) is -3.11. The van der Waals surface area contributed by atoms with Crippen molar-refractivity contribution in [2.24, 2.45) is 5.92 Å². The van der Waals surface area contributed by atoms with Crippen LogP contribution in [0.5, 0.6) is 0 Å². The minimum atomic E-state index is -3.11. The van der Waals surface area contributed by atoms with Crippen molar-refractivity contribution in [2.45, 2.75) is 21.9 Å². The van der Waals surface area contributed by atoms with Gasteiger partial charge in [-0.15, -0.1) is 35.3 Å². The Bertz CT molecular complexity index is 770. The minimum absolute atomic E-state index is 0.0660. The normalized spacial score (nSPS) is 20.8. The van der Waals surface area contributed by atoms with E-state index in [0.29, 0.717) is 6.42 Å². The average molecular weight is 437 g/mol. The van der Waals surface area contributed by atoms with Crippen molar-refractivity contribution in [2.75, 3.05) is 18.8 Å². The molecule has 0 aliphatic heterocycles. The number of benzene rings is 2. The molecule has 2 aromatic rings. The van der Waals surface area contributed by atoms with Crippen molar-refractivity contribution in [3.63, 3.8) is 0 Å². The van der Waals surface area contributed by atoms with Crippen molar-refractivity contribution in [1.29, 1.82) is 0 Å². The maximum Gasteiger partial charge on any atom is 0.153 e. The lowest BCUT2D eigenvalue weighted by atomic mass is 10.1. The van der Waals surface area contributed by atoms with Gasteiger partial charge in [0.1, 0.15) is 9.19 Å². The van der Waals surface area contributed by atoms with Crippen LogP contribution in [0.2, 0.25) is 0 Å². The predicted octanol–water partition coefficient (Wildman–Crippen LogP) is 5.09. The average Bonchev–Trinajstić information content (AvgIpc) is 3.13. The molecule has 2 nitrogen and oxygen atoms in total. The van der Waals surface area contributed by atoms with E-state index in [1.807, 2.05) is 60.7 Å². The van der Waals surface area contributed by atoms with Gasteiger partial charge < -0.3 is 4.57 Å². The lowest BCUT2D eigenvalue weighted by Crippen LogP contribution is -2.40. The monoisotopic (exact) mass is 436 g/mol. The number of ketones is 1. The zero-order chi connectivity index (χ0) is 19.5. The zero-order valence-corrected chi connectivity index (χ0v) is 19.2. The van der Waals surface area contributed by atoms with Gasteiger partial charge in [-0.05, 0) is 25.2 Å². The molecule has 27 heavy (non-hydrogen) atoms. The molecule has 2 aromatic carbocycles. The summed E-state index contributed by atoms with van der Waals surface area (Å²) in [5.74, 6) is 0.216. The number of carbonyl (C=O) groups excluding carboxylic acids is 1. The van der Waals surface area contributed by atoms with Crippen LogP contribution in [0.15, 0.2) is 60.7 Å². The first-order valence-corrected chi connectivity index (χ1v) is 14.4. The molecular weight excluding hydrogens is 411 g/mol. The van der Waals surface area contributed by atoms with Crippen molar-refractivity contribution in [3.8, 4) is 0 Å². The fourth-order valence-corrected chi connectivity index (χ4v) is 11.7. The first-order valence-electron chi connectivity index (χ1n) is 8.92. The van der Waals surface area contributed by atoms with Crippen LogP contribution in [0.3, 0.4) is 0 Å². The van der Waals surface area contributed by atoms with Crippen molar-refractivity contribution >= 4 is 58.8 Å². The Morgan fingerprint density at radius 2 is 1.30 bits per heavy atom. The van der Waals surface area contributed by atoms with E-state index in [4.69, 9.17) is 0 Å². The Morgan fingerprint density at radius 3 is 1.70 bits per heavy atom. The second-order valence-corrected chi connectivity index (χ2v) is 13.4. The van der Waals surface area contributed by atoms with Gasteiger partial charge in [0.2, 0.25) is 0 Å². The minimum Gasteiger partial charge on any atom is -0.313 e. The largest absolute Gasteiger partial charge is 0.313 e. The summed E-state index contributed by atoms with van der Waals surface area (Å²) in [5.41, 5.74) is -0.463. The zero-order valence-electron chi connectivity index (χ0n) is 15.8. The van der Waals surface area contributed by atoms with Gasteiger partial charge in [-0.1, -0.05) is 60.7 Å². The van der Waals surface area contributed by atoms with Crippen molar-refractivity contribution < 1.29 is 9.36 Å². The molecule has 1 fully saturated rings. The summed E-state index contributed by atoms with van der Waals surface area (Å²) in [5, 5.41) is 1.58. The molecule has 6 heteroatoms. The topological polar surface area (TPSA) is 34.1 Å². The summed E-state index contributed by atoms with van der Waals surface area (Å²) in [6, 6.07) is 19.3. The van der Waals surface area contributed by atoms with Crippen molar-refractivity contribution in [1.82, 2.24) is 0 Å². The molecule has 2 atom stereocenters. The lowest BCUT2D eigenvalue weighted by molar-refractivity contribution is -0.117. The standard InChI is InChI=1S/C21H25O2PS3/c1-25-21(26-2,27-3)18-14-15-19(22)20(18)24(23,16-10-6-4-7-11-16)17-12-8-5-9-13-17/h4-13,18,20H,14-15H2,1-3H3. The summed E-state index contributed by atoms with van der Waals surface area (Å²) in [6.45, 7) is 0. The smallest absolute Gasteiger partial charge is 0.153 e. The predicted molar refractivity (Wildman–Crippen MR) is 125 cm³/mol. The van der Waals surface area contributed by atoms with Crippen LogP contribution in [0.1, 0.15) is 12.8 Å². The second kappa shape index (κ2) is 8.82. The van der Waals surface area contributed by atoms with Gasteiger partial charge in [-0.3, -0.25) is 4.79 Å². The fourth-order valence-electron chi connectivity index (χ4n) is 4.13. The molecular formula is C21H25O2PS3. The van der Waals surface area contributed by atoms with Gasteiger partial charge in [0.25, 0.3) is 0 Å². The molecule has 0 amide bonds. The lowest BCUT2D eigenvalue weighted by Gasteiger charge is -2.40. The van der Waals surface area contributed by atoms with Gasteiger partial charge in [-0.2, -0.15) is 0 Å². The number of thioether (sulfide) groups is 3. The number of hydrogen-bond donors (Lipinski definition) is 0. The first kappa shape index (κ1) is 21.1. The summed E-state index contributed by atoms with van der Waals surface area (Å²) in [4.78, 5) is 13.2. The highest BCUT2D eigenvalue weighted by molar-refractivity contribution is 8.33. The molecule has 0 N–H and O–H groups in total. The number of hydrogen-bond acceptors (Lipinski definition) is 5. The van der Waals surface area contributed by atoms with Crippen LogP contribution in [0, 0.1) is 5.92 Å². The number of Topliss-reactive ketones (excluding diaryl/α,β-unsaturated/α-hetero) is 1. The molecule has 0 spiro atoms. The van der Waals surface area contributed by atoms with E-state index >= 15 is 0 Å². The maximum atomic E-state index is 14.8. The molecule has 2 unspecified atom stereocenters. The van der Waals surface area contributed by atoms with Gasteiger partial charge in [-0.25, -0.2) is 0 Å². The Labute approximate surface area is 175 Å². The first-order chi connectivity index (χ1) is 13.0. The van der Waals surface area contributed by atoms with Crippen LogP contribution in [0.4, 0.5) is 0 Å². The second-order valence-electron chi connectivity index (χ2n) is 6.60. The van der Waals surface area contributed by atoms with Crippen LogP contribution in [-0.2, 0) is 9.36 Å². The molecule has 0 aromatic heterocycles. The summed E-state index contributed by atoms with van der Waals surface area (Å²) < 4.78 is 14.6. The molecule has 1 aliphatic rings. The van der Waals surface area contributed by atoms with Gasteiger partial charge in [0.05, 0.1) is 5.66 Å². The fraction of sp³-hybridized carbons (Fsp3) is 0.381. The quantitative estimate of drug-likeness (QED) is 0.446. The third kappa shape index (κ3) is 3.69. The third-order valence-corrected chi connectivity index (χ3v) is 14.6. The summed E-state index contributed by atoms with van der Waals surface area (Å²) >= 11 is 5.34. The van der Waals surface area contributed by atoms with E-state index < -0.39 is 12.8 Å². The Hall–Kier alpha value is -0.610. The van der Waals surface area contributed by atoms with Gasteiger partial charge >= 0.3 is 0 Å². The highest BCUT2D eigenvalue weighted by Crippen LogP contribution is 2.63. The van der Waals surface area contributed by atoms with E-state index in [9.17, 15) is 9.36 Å². The Balaban J connectivity index is 2.22. The van der Waals surface area contributed by atoms with Crippen LogP contribution in [0.25, 0.3) is 0 Å².